The number of phenolic OH excluding ortho intramolecular Hbond substituents is 4. The van der Waals surface area contributed by atoms with Gasteiger partial charge in [-0.3, -0.25) is 27.3 Å². The number of aryl methyl sites for hydroxylation is 1. The second kappa shape index (κ2) is 32.0. The molecule has 0 saturated heterocycles. The fourth-order valence-electron chi connectivity index (χ4n) is 10.6. The number of ether oxygens (including phenoxy) is 1. The molecule has 11 aromatic carbocycles. The van der Waals surface area contributed by atoms with Crippen molar-refractivity contribution in [3.8, 4) is 28.7 Å². The number of nitrogens with zero attached hydrogens (tertiary/aromatic N) is 10. The SMILES string of the molecule is Cc1cc(N=Nc2c(S(=O)(=O)O)cc3c(S(=O)(=O)O)c(N=Nc4c(Nc5ccccc5)ccc5c(O)c(N=Nc6ccc7c(O)c(N=Nc8ccccc8S(=O)(=O)O)c(SOOO)cc7c6)c(S(=O)(=O)O)cc45)ccc3c2O)c(OCCCSOOO)cc1N=Nc1cc(S(=O)(=O)O)cc2cc(S(=O)(=O)O)cc(O)c12. The summed E-state index contributed by atoms with van der Waals surface area (Å²) in [6.07, 6.45) is 0.119. The number of rotatable bonds is 28. The van der Waals surface area contributed by atoms with Gasteiger partial charge >= 0.3 is 0 Å². The first-order chi connectivity index (χ1) is 51.8. The molecule has 11 aromatic rings. The molecule has 0 bridgehead atoms. The molecule has 0 aromatic heterocycles. The summed E-state index contributed by atoms with van der Waals surface area (Å²) in [6.45, 7) is 1.17. The van der Waals surface area contributed by atoms with Crippen molar-refractivity contribution in [3.05, 3.63) is 157 Å². The van der Waals surface area contributed by atoms with Crippen molar-refractivity contribution in [1.29, 1.82) is 0 Å². The molecule has 0 amide bonds. The Kier molecular flexibility index (Phi) is 23.3. The van der Waals surface area contributed by atoms with Crippen molar-refractivity contribution in [3.63, 3.8) is 0 Å². The van der Waals surface area contributed by atoms with E-state index in [1.54, 1.807) is 30.3 Å². The first-order valence-electron chi connectivity index (χ1n) is 30.0. The Bertz CT molecular complexity index is 6500. The van der Waals surface area contributed by atoms with Gasteiger partial charge in [0.05, 0.1) is 61.5 Å². The van der Waals surface area contributed by atoms with Crippen LogP contribution in [0.5, 0.6) is 28.7 Å². The number of phenols is 4. The maximum absolute atomic E-state index is 13.6. The van der Waals surface area contributed by atoms with Gasteiger partial charge in [0, 0.05) is 62.5 Å². The third-order valence-electron chi connectivity index (χ3n) is 15.4. The molecule has 48 heteroatoms. The van der Waals surface area contributed by atoms with Crippen LogP contribution in [0, 0.1) is 6.92 Å². The number of para-hydroxylation sites is 1. The Morgan fingerprint density at radius 2 is 0.964 bits per heavy atom. The highest BCUT2D eigenvalue weighted by Gasteiger charge is 2.31. The number of hydrogen-bond donors (Lipinski definition) is 13. The van der Waals surface area contributed by atoms with E-state index in [9.17, 15) is 98.2 Å². The highest BCUT2D eigenvalue weighted by molar-refractivity contribution is 7.95. The Hall–Kier alpha value is -10.8. The number of hydrogen-bond acceptors (Lipinski definition) is 36. The summed E-state index contributed by atoms with van der Waals surface area (Å²) in [4.78, 5) is -6.28. The molecule has 40 nitrogen and oxygen atoms in total. The van der Waals surface area contributed by atoms with Gasteiger partial charge in [-0.15, -0.1) is 49.6 Å². The van der Waals surface area contributed by atoms with Crippen molar-refractivity contribution in [2.24, 2.45) is 51.1 Å². The minimum atomic E-state index is -5.70. The van der Waals surface area contributed by atoms with E-state index in [1.165, 1.54) is 67.6 Å². The molecule has 110 heavy (non-hydrogen) atoms. The molecule has 11 rings (SSSR count). The summed E-state index contributed by atoms with van der Waals surface area (Å²) in [6, 6.07) is 28.8. The number of nitrogens with one attached hydrogen (secondary N) is 1. The lowest BCUT2D eigenvalue weighted by Crippen LogP contribution is -2.03. The molecule has 0 spiro atoms. The lowest BCUT2D eigenvalue weighted by molar-refractivity contribution is -0.432. The average Bonchev–Trinajstić information content (AvgIpc) is 0.744. The molecular formula is C62H47N11O29S8. The molecule has 0 aliphatic carbocycles. The lowest BCUT2D eigenvalue weighted by Gasteiger charge is -2.15. The van der Waals surface area contributed by atoms with E-state index in [0.29, 0.717) is 29.9 Å². The summed E-state index contributed by atoms with van der Waals surface area (Å²) in [5, 5.41) is 112. The van der Waals surface area contributed by atoms with Crippen LogP contribution < -0.4 is 10.1 Å². The summed E-state index contributed by atoms with van der Waals surface area (Å²) in [5.74, 6) is -3.84. The fourth-order valence-corrected chi connectivity index (χ4v) is 15.3. The van der Waals surface area contributed by atoms with Crippen molar-refractivity contribution >= 4 is 196 Å². The van der Waals surface area contributed by atoms with Crippen LogP contribution in [-0.2, 0) is 79.5 Å². The maximum atomic E-state index is 13.6. The highest BCUT2D eigenvalue weighted by Crippen LogP contribution is 2.52. The van der Waals surface area contributed by atoms with Crippen LogP contribution in [0.3, 0.4) is 0 Å². The van der Waals surface area contributed by atoms with Gasteiger partial charge in [-0.05, 0) is 139 Å². The van der Waals surface area contributed by atoms with Crippen LogP contribution in [0.1, 0.15) is 12.0 Å². The van der Waals surface area contributed by atoms with Crippen LogP contribution >= 0.6 is 24.1 Å². The van der Waals surface area contributed by atoms with Crippen LogP contribution in [-0.4, -0.2) is 121 Å². The molecule has 0 atom stereocenters. The average molecular weight is 1670 g/mol. The van der Waals surface area contributed by atoms with E-state index in [1.807, 2.05) is 0 Å². The second-order valence-corrected chi connectivity index (χ2v) is 32.4. The molecule has 0 aliphatic heterocycles. The van der Waals surface area contributed by atoms with Gasteiger partial charge in [0.1, 0.15) is 70.9 Å². The summed E-state index contributed by atoms with van der Waals surface area (Å²) in [7, 11) is -31.7. The van der Waals surface area contributed by atoms with Crippen molar-refractivity contribution in [2.75, 3.05) is 17.7 Å². The molecule has 0 radical (unpaired) electrons. The van der Waals surface area contributed by atoms with Gasteiger partial charge in [-0.1, -0.05) is 40.4 Å². The largest absolute Gasteiger partial charge is 0.507 e. The zero-order chi connectivity index (χ0) is 79.6. The second-order valence-electron chi connectivity index (χ2n) is 22.5. The Morgan fingerprint density at radius 1 is 0.418 bits per heavy atom. The number of fused-ring (bicyclic) bond motifs is 4. The highest BCUT2D eigenvalue weighted by atomic mass is 32.2. The number of azo groups is 5. The van der Waals surface area contributed by atoms with Crippen molar-refractivity contribution < 1.29 is 132 Å². The van der Waals surface area contributed by atoms with E-state index in [-0.39, 0.29) is 113 Å². The fraction of sp³-hybridized carbons (Fsp3) is 0.0645. The van der Waals surface area contributed by atoms with Gasteiger partial charge in [0.2, 0.25) is 0 Å². The molecule has 0 aliphatic rings. The molecule has 0 fully saturated rings. The van der Waals surface area contributed by atoms with Crippen LogP contribution in [0.2, 0.25) is 0 Å². The number of aromatic hydroxyl groups is 4. The first-order valence-corrected chi connectivity index (χ1v) is 40.3. The van der Waals surface area contributed by atoms with Crippen LogP contribution in [0.4, 0.5) is 68.2 Å². The summed E-state index contributed by atoms with van der Waals surface area (Å²) in [5.41, 5.74) is -4.67. The van der Waals surface area contributed by atoms with Gasteiger partial charge in [0.25, 0.3) is 60.7 Å². The topological polar surface area (TPSA) is 629 Å². The quantitative estimate of drug-likeness (QED) is 0.00541. The van der Waals surface area contributed by atoms with Gasteiger partial charge in [0.15, 0.2) is 17.2 Å². The maximum Gasteiger partial charge on any atom is 0.297 e. The van der Waals surface area contributed by atoms with Crippen molar-refractivity contribution in [2.45, 2.75) is 47.6 Å². The predicted molar refractivity (Wildman–Crippen MR) is 388 cm³/mol. The van der Waals surface area contributed by atoms with Crippen molar-refractivity contribution in [1.82, 2.24) is 0 Å². The van der Waals surface area contributed by atoms with E-state index < -0.39 is 152 Å². The van der Waals surface area contributed by atoms with E-state index in [0.717, 1.165) is 48.5 Å². The number of benzene rings is 11. The van der Waals surface area contributed by atoms with Gasteiger partial charge < -0.3 is 30.5 Å². The minimum absolute atomic E-state index is 0.0172. The molecule has 0 saturated carbocycles. The van der Waals surface area contributed by atoms with Gasteiger partial charge in [-0.25, -0.2) is 10.5 Å². The molecule has 13 N–H and O–H groups in total. The first kappa shape index (κ1) is 80.2. The minimum Gasteiger partial charge on any atom is -0.507 e. The third kappa shape index (κ3) is 17.9. The molecular weight excluding hydrogens is 1620 g/mol. The molecule has 572 valence electrons. The Morgan fingerprint density at radius 3 is 1.61 bits per heavy atom. The van der Waals surface area contributed by atoms with Gasteiger partial charge in [-0.2, -0.15) is 60.7 Å². The monoisotopic (exact) mass is 1670 g/mol. The zero-order valence-electron chi connectivity index (χ0n) is 54.6. The van der Waals surface area contributed by atoms with E-state index in [2.05, 4.69) is 75.2 Å². The standard InChI is InChI=1S/C62H47N11O29S8/c1-30-20-46(49(98-18-7-19-103-101-99-78)29-45(30)67-69-47-25-35(105(80,81)82)22-32-23-36(106(83,84)85)26-48(74)54(32)47)68-73-58-53(109(92,93)94)28-41-39(61(58)77)15-17-44(62(41)110(95,96)97)66-70-55-40-27-52(108(89,90)91)57(60(76)38(40)14-16-43(55)63-33-8-3-2-4-9-33)72-64-34-12-13-37-31(21-34)24-50(104-102-100-79)56(59(37)75)71-65-42-10-5-6-11-51(42)107(86,87)88/h2-6,8-17,20-29,63,74-79H,7,18-19H2,1H3,(H,80,81,82)(H,83,84,85)(H,86,87,88)(H,89,90,91)(H,92,93,94)(H,95,96,97). The Balaban J connectivity index is 0.995. The summed E-state index contributed by atoms with van der Waals surface area (Å²) >= 11 is 0.922. The predicted octanol–water partition coefficient (Wildman–Crippen LogP) is 16.0. The molecule has 0 unspecified atom stereocenters. The van der Waals surface area contributed by atoms with Crippen LogP contribution in [0.25, 0.3) is 43.1 Å². The van der Waals surface area contributed by atoms with E-state index in [4.69, 9.17) is 15.3 Å². The summed E-state index contributed by atoms with van der Waals surface area (Å²) < 4.78 is 230. The normalized spacial score (nSPS) is 13.0. The van der Waals surface area contributed by atoms with E-state index >= 15 is 0 Å². The zero-order valence-corrected chi connectivity index (χ0v) is 61.1. The third-order valence-corrected chi connectivity index (χ3v) is 21.9. The van der Waals surface area contributed by atoms with Crippen LogP contribution in [0.15, 0.2) is 237 Å². The lowest BCUT2D eigenvalue weighted by atomic mass is 10.0. The smallest absolute Gasteiger partial charge is 0.297 e. The molecule has 0 heterocycles. The number of anilines is 2. The Labute approximate surface area is 626 Å².